The maximum atomic E-state index is 13.6. The Balaban J connectivity index is 1.63. The zero-order valence-electron chi connectivity index (χ0n) is 18.9. The molecule has 2 aliphatic rings. The highest BCUT2D eigenvalue weighted by Crippen LogP contribution is 2.46. The Labute approximate surface area is 222 Å². The number of nitro benzene ring substituents is 1. The fourth-order valence-electron chi connectivity index (χ4n) is 4.68. The summed E-state index contributed by atoms with van der Waals surface area (Å²) in [5.41, 5.74) is 1.29. The fraction of sp³-hybridized carbons (Fsp3) is 0.160. The number of carbonyl (C=O) groups excluding carboxylic acids is 3. The van der Waals surface area contributed by atoms with Crippen LogP contribution in [0.15, 0.2) is 63.5 Å². The lowest BCUT2D eigenvalue weighted by atomic mass is 9.86. The molecule has 2 aliphatic heterocycles. The summed E-state index contributed by atoms with van der Waals surface area (Å²) in [5, 5.41) is 11.5. The van der Waals surface area contributed by atoms with Gasteiger partial charge in [-0.25, -0.2) is 0 Å². The number of methoxy groups -OCH3 is 1. The van der Waals surface area contributed by atoms with Crippen molar-refractivity contribution in [3.05, 3.63) is 95.9 Å². The Morgan fingerprint density at radius 1 is 0.917 bits per heavy atom. The molecule has 0 saturated carbocycles. The zero-order valence-corrected chi connectivity index (χ0v) is 22.1. The lowest BCUT2D eigenvalue weighted by Gasteiger charge is -2.50. The highest BCUT2D eigenvalue weighted by molar-refractivity contribution is 9.10. The molecule has 0 spiro atoms. The largest absolute Gasteiger partial charge is 0.496 e. The van der Waals surface area contributed by atoms with E-state index in [1.165, 1.54) is 30.2 Å². The van der Waals surface area contributed by atoms with Gasteiger partial charge in [0, 0.05) is 16.2 Å². The van der Waals surface area contributed by atoms with E-state index in [0.29, 0.717) is 21.5 Å². The van der Waals surface area contributed by atoms with Crippen LogP contribution in [0.3, 0.4) is 0 Å². The number of hydrogen-bond donors (Lipinski definition) is 0. The van der Waals surface area contributed by atoms with Gasteiger partial charge in [-0.2, -0.15) is 0 Å². The molecule has 3 aromatic carbocycles. The third-order valence-corrected chi connectivity index (χ3v) is 7.91. The van der Waals surface area contributed by atoms with Gasteiger partial charge in [-0.15, -0.1) is 0 Å². The number of β-lactam (4-membered cyclic amide) rings is 1. The van der Waals surface area contributed by atoms with Crippen LogP contribution in [0.4, 0.5) is 11.4 Å². The van der Waals surface area contributed by atoms with Crippen LogP contribution in [0.2, 0.25) is 0 Å². The standard InChI is InChI=1S/C25H17Br2N3O6/c1-12-10-14(7-8-16(12)26)28-21(13-6-9-19(36-2)17(27)11-13)22(25(28)33)29-23(31)15-4-3-5-18(30(34)35)20(15)24(29)32/h3-11,21-22H,1-2H3/t21-,22+/m0/s1. The first-order valence-electron chi connectivity index (χ1n) is 10.7. The topological polar surface area (TPSA) is 110 Å². The number of ether oxygens (including phenoxy) is 1. The van der Waals surface area contributed by atoms with Crippen molar-refractivity contribution in [3.63, 3.8) is 0 Å². The Hall–Kier alpha value is -3.57. The minimum absolute atomic E-state index is 0.0883. The average molecular weight is 615 g/mol. The average Bonchev–Trinajstić information content (AvgIpc) is 3.09. The third kappa shape index (κ3) is 3.53. The number of hydrogen-bond acceptors (Lipinski definition) is 6. The molecule has 1 saturated heterocycles. The molecule has 0 radical (unpaired) electrons. The second kappa shape index (κ2) is 8.82. The van der Waals surface area contributed by atoms with Crippen molar-refractivity contribution in [2.45, 2.75) is 19.0 Å². The number of aryl methyl sites for hydroxylation is 1. The molecule has 0 N–H and O–H groups in total. The number of nitrogens with zero attached hydrogens (tertiary/aromatic N) is 3. The maximum Gasteiger partial charge on any atom is 0.282 e. The van der Waals surface area contributed by atoms with Gasteiger partial charge in [-0.05, 0) is 70.4 Å². The number of fused-ring (bicyclic) bond motifs is 1. The minimum Gasteiger partial charge on any atom is -0.496 e. The first kappa shape index (κ1) is 24.1. The molecule has 2 atom stereocenters. The van der Waals surface area contributed by atoms with Crippen molar-refractivity contribution < 1.29 is 24.0 Å². The number of amides is 3. The molecule has 1 fully saturated rings. The van der Waals surface area contributed by atoms with Gasteiger partial charge in [0.25, 0.3) is 23.4 Å². The van der Waals surface area contributed by atoms with E-state index in [1.54, 1.807) is 24.3 Å². The molecule has 2 heterocycles. The summed E-state index contributed by atoms with van der Waals surface area (Å²) in [7, 11) is 1.53. The molecule has 0 bridgehead atoms. The predicted molar refractivity (Wildman–Crippen MR) is 137 cm³/mol. The Bertz CT molecular complexity index is 1490. The number of rotatable bonds is 5. The molecule has 0 aliphatic carbocycles. The van der Waals surface area contributed by atoms with E-state index in [9.17, 15) is 24.5 Å². The van der Waals surface area contributed by atoms with Gasteiger partial charge in [0.05, 0.1) is 28.1 Å². The summed E-state index contributed by atoms with van der Waals surface area (Å²) in [5.74, 6) is -1.49. The van der Waals surface area contributed by atoms with Crippen molar-refractivity contribution in [1.29, 1.82) is 0 Å². The summed E-state index contributed by atoms with van der Waals surface area (Å²) in [4.78, 5) is 53.5. The van der Waals surface area contributed by atoms with E-state index >= 15 is 0 Å². The summed E-state index contributed by atoms with van der Waals surface area (Å²) < 4.78 is 6.81. The maximum absolute atomic E-state index is 13.6. The summed E-state index contributed by atoms with van der Waals surface area (Å²) in [6.07, 6.45) is 0. The lowest BCUT2D eigenvalue weighted by molar-refractivity contribution is -0.385. The van der Waals surface area contributed by atoms with Gasteiger partial charge >= 0.3 is 0 Å². The molecule has 36 heavy (non-hydrogen) atoms. The smallest absolute Gasteiger partial charge is 0.282 e. The van der Waals surface area contributed by atoms with Crippen molar-refractivity contribution in [2.75, 3.05) is 12.0 Å². The van der Waals surface area contributed by atoms with Crippen molar-refractivity contribution in [1.82, 2.24) is 4.90 Å². The number of imide groups is 1. The summed E-state index contributed by atoms with van der Waals surface area (Å²) >= 11 is 6.92. The molecule has 182 valence electrons. The number of carbonyl (C=O) groups is 3. The number of anilines is 1. The molecule has 0 aromatic heterocycles. The van der Waals surface area contributed by atoms with Gasteiger partial charge in [-0.3, -0.25) is 29.4 Å². The van der Waals surface area contributed by atoms with Crippen molar-refractivity contribution in [3.8, 4) is 5.75 Å². The SMILES string of the molecule is COc1ccc([C@H]2[C@@H](N3C(=O)c4cccc([N+](=O)[O-])c4C3=O)C(=O)N2c2ccc(Br)c(C)c2)cc1Br. The van der Waals surface area contributed by atoms with E-state index in [4.69, 9.17) is 4.74 Å². The molecule has 0 unspecified atom stereocenters. The highest BCUT2D eigenvalue weighted by Gasteiger charge is 2.58. The van der Waals surface area contributed by atoms with Crippen LogP contribution >= 0.6 is 31.9 Å². The fourth-order valence-corrected chi connectivity index (χ4v) is 5.49. The van der Waals surface area contributed by atoms with Crippen LogP contribution in [0.5, 0.6) is 5.75 Å². The van der Waals surface area contributed by atoms with Gasteiger partial charge in [0.2, 0.25) is 0 Å². The monoisotopic (exact) mass is 613 g/mol. The third-order valence-electron chi connectivity index (χ3n) is 6.40. The molecular formula is C25H17Br2N3O6. The predicted octanol–water partition coefficient (Wildman–Crippen LogP) is 5.19. The summed E-state index contributed by atoms with van der Waals surface area (Å²) in [6, 6.07) is 12.6. The molecule has 9 nitrogen and oxygen atoms in total. The Kier molecular flexibility index (Phi) is 5.92. The van der Waals surface area contributed by atoms with Crippen LogP contribution in [0, 0.1) is 17.0 Å². The Morgan fingerprint density at radius 3 is 2.31 bits per heavy atom. The quantitative estimate of drug-likeness (QED) is 0.169. The van der Waals surface area contributed by atoms with E-state index in [1.807, 2.05) is 19.1 Å². The first-order valence-corrected chi connectivity index (χ1v) is 12.3. The van der Waals surface area contributed by atoms with Crippen LogP contribution in [-0.2, 0) is 4.79 Å². The minimum atomic E-state index is -1.18. The highest BCUT2D eigenvalue weighted by atomic mass is 79.9. The van der Waals surface area contributed by atoms with Gasteiger partial charge < -0.3 is 9.64 Å². The van der Waals surface area contributed by atoms with Crippen molar-refractivity contribution in [2.24, 2.45) is 0 Å². The van der Waals surface area contributed by atoms with Crippen LogP contribution < -0.4 is 9.64 Å². The van der Waals surface area contributed by atoms with Gasteiger partial charge in [-0.1, -0.05) is 28.1 Å². The first-order chi connectivity index (χ1) is 17.1. The van der Waals surface area contributed by atoms with Crippen molar-refractivity contribution >= 4 is 61.0 Å². The summed E-state index contributed by atoms with van der Waals surface area (Å²) in [6.45, 7) is 1.89. The Morgan fingerprint density at radius 2 is 1.67 bits per heavy atom. The van der Waals surface area contributed by atoms with E-state index in [0.717, 1.165) is 14.9 Å². The van der Waals surface area contributed by atoms with Gasteiger partial charge in [0.1, 0.15) is 17.4 Å². The molecule has 3 amide bonds. The number of benzene rings is 3. The zero-order chi connectivity index (χ0) is 25.9. The van der Waals surface area contributed by atoms with E-state index < -0.39 is 40.4 Å². The normalized spacial score (nSPS) is 18.8. The molecule has 5 rings (SSSR count). The van der Waals surface area contributed by atoms with E-state index in [-0.39, 0.29) is 11.1 Å². The van der Waals surface area contributed by atoms with E-state index in [2.05, 4.69) is 31.9 Å². The lowest BCUT2D eigenvalue weighted by Crippen LogP contribution is -2.67. The van der Waals surface area contributed by atoms with Gasteiger partial charge in [0.15, 0.2) is 0 Å². The second-order valence-corrected chi connectivity index (χ2v) is 10.1. The molecular weight excluding hydrogens is 598 g/mol. The second-order valence-electron chi connectivity index (χ2n) is 8.36. The van der Waals surface area contributed by atoms with Crippen LogP contribution in [-0.4, -0.2) is 40.7 Å². The number of halogens is 2. The van der Waals surface area contributed by atoms with Crippen LogP contribution in [0.1, 0.15) is 37.9 Å². The molecule has 11 heteroatoms. The van der Waals surface area contributed by atoms with Crippen LogP contribution in [0.25, 0.3) is 0 Å². The number of nitro groups is 1. The molecule has 3 aromatic rings.